The zero-order chi connectivity index (χ0) is 16.8. The number of hydrogen-bond acceptors (Lipinski definition) is 5. The van der Waals surface area contributed by atoms with E-state index in [1.54, 1.807) is 20.8 Å². The van der Waals surface area contributed by atoms with Crippen molar-refractivity contribution in [2.45, 2.75) is 77.0 Å². The molecule has 0 heterocycles. The van der Waals surface area contributed by atoms with Crippen molar-refractivity contribution in [3.63, 3.8) is 0 Å². The molecule has 1 unspecified atom stereocenters. The second-order valence-electron chi connectivity index (χ2n) is 7.15. The first kappa shape index (κ1) is 22.1. The van der Waals surface area contributed by atoms with Gasteiger partial charge in [-0.15, -0.1) is 12.4 Å². The second-order valence-corrected chi connectivity index (χ2v) is 7.15. The molecule has 0 aromatic rings. The number of hydrogen-bond donors (Lipinski definition) is 3. The summed E-state index contributed by atoms with van der Waals surface area (Å²) in [6.45, 7) is 4.99. The fourth-order valence-electron chi connectivity index (χ4n) is 2.77. The van der Waals surface area contributed by atoms with E-state index in [4.69, 9.17) is 10.5 Å². The highest BCUT2D eigenvalue weighted by Gasteiger charge is 2.27. The van der Waals surface area contributed by atoms with Crippen molar-refractivity contribution in [3.8, 4) is 0 Å². The number of halogens is 1. The Hall–Kier alpha value is -0.850. The van der Waals surface area contributed by atoms with E-state index in [0.29, 0.717) is 12.3 Å². The molecule has 1 aliphatic carbocycles. The number of rotatable bonds is 6. The minimum Gasteiger partial charge on any atom is -0.459 e. The normalized spacial score (nSPS) is 18.5. The van der Waals surface area contributed by atoms with Crippen LogP contribution >= 0.6 is 12.4 Å². The molecule has 0 saturated heterocycles. The average Bonchev–Trinajstić information content (AvgIpc) is 2.43. The van der Waals surface area contributed by atoms with E-state index in [0.717, 1.165) is 12.8 Å². The van der Waals surface area contributed by atoms with E-state index in [2.05, 4.69) is 5.32 Å². The van der Waals surface area contributed by atoms with Gasteiger partial charge in [-0.25, -0.2) is 0 Å². The van der Waals surface area contributed by atoms with Gasteiger partial charge in [0.05, 0.1) is 0 Å². The number of carbonyl (C=O) groups excluding carboxylic acids is 2. The Labute approximate surface area is 144 Å². The van der Waals surface area contributed by atoms with E-state index in [1.165, 1.54) is 19.3 Å². The minimum absolute atomic E-state index is 0. The Bertz CT molecular complexity index is 379. The molecule has 136 valence electrons. The van der Waals surface area contributed by atoms with Gasteiger partial charge in [0.1, 0.15) is 18.2 Å². The molecule has 0 aliphatic heterocycles. The molecular formula is C16H31ClN2O4. The van der Waals surface area contributed by atoms with Crippen LogP contribution in [0.2, 0.25) is 0 Å². The second kappa shape index (κ2) is 10.1. The largest absolute Gasteiger partial charge is 0.459 e. The van der Waals surface area contributed by atoms with Crippen LogP contribution in [0, 0.1) is 5.92 Å². The van der Waals surface area contributed by atoms with Gasteiger partial charge in [0.25, 0.3) is 5.91 Å². The quantitative estimate of drug-likeness (QED) is 0.630. The lowest BCUT2D eigenvalue weighted by atomic mass is 9.84. The van der Waals surface area contributed by atoms with Gasteiger partial charge in [-0.3, -0.25) is 9.59 Å². The summed E-state index contributed by atoms with van der Waals surface area (Å²) >= 11 is 0. The van der Waals surface area contributed by atoms with Gasteiger partial charge in [0.2, 0.25) is 0 Å². The van der Waals surface area contributed by atoms with Crippen LogP contribution in [-0.4, -0.2) is 41.3 Å². The lowest BCUT2D eigenvalue weighted by Gasteiger charge is -2.26. The van der Waals surface area contributed by atoms with Crippen molar-refractivity contribution in [3.05, 3.63) is 0 Å². The molecule has 4 N–H and O–H groups in total. The maximum Gasteiger partial charge on any atom is 0.325 e. The summed E-state index contributed by atoms with van der Waals surface area (Å²) < 4.78 is 5.08. The summed E-state index contributed by atoms with van der Waals surface area (Å²) in [7, 11) is 0. The number of carbonyl (C=O) groups is 2. The van der Waals surface area contributed by atoms with Crippen molar-refractivity contribution >= 4 is 24.3 Å². The fraction of sp³-hybridized carbons (Fsp3) is 0.875. The number of ether oxygens (including phenoxy) is 1. The van der Waals surface area contributed by atoms with Crippen LogP contribution in [0.1, 0.15) is 59.3 Å². The molecule has 0 aromatic carbocycles. The predicted octanol–water partition coefficient (Wildman–Crippen LogP) is 1.52. The molecule has 0 radical (unpaired) electrons. The molecule has 0 bridgehead atoms. The number of amides is 1. The minimum atomic E-state index is -1.29. The topological polar surface area (TPSA) is 102 Å². The first-order valence-corrected chi connectivity index (χ1v) is 8.12. The summed E-state index contributed by atoms with van der Waals surface area (Å²) in [5, 5.41) is 12.4. The van der Waals surface area contributed by atoms with Crippen molar-refractivity contribution in [2.75, 3.05) is 6.54 Å². The monoisotopic (exact) mass is 350 g/mol. The average molecular weight is 351 g/mol. The Morgan fingerprint density at radius 1 is 1.26 bits per heavy atom. The maximum atomic E-state index is 11.8. The zero-order valence-corrected chi connectivity index (χ0v) is 15.2. The molecule has 0 aromatic heterocycles. The van der Waals surface area contributed by atoms with E-state index in [9.17, 15) is 14.7 Å². The van der Waals surface area contributed by atoms with Gasteiger partial charge in [-0.2, -0.15) is 0 Å². The zero-order valence-electron chi connectivity index (χ0n) is 14.3. The third-order valence-corrected chi connectivity index (χ3v) is 3.83. The highest BCUT2D eigenvalue weighted by Crippen LogP contribution is 2.27. The van der Waals surface area contributed by atoms with Gasteiger partial charge < -0.3 is 20.9 Å². The molecule has 7 heteroatoms. The number of nitrogens with two attached hydrogens (primary N) is 1. The number of aliphatic hydroxyl groups is 1. The Morgan fingerprint density at radius 3 is 2.35 bits per heavy atom. The number of esters is 1. The highest BCUT2D eigenvalue weighted by atomic mass is 35.5. The SMILES string of the molecule is CC(C)(C)OC(=O)CNC(=O)C(O)[C@H](N)CC1CCCCC1.Cl. The molecule has 2 atom stereocenters. The molecule has 1 amide bonds. The van der Waals surface area contributed by atoms with E-state index in [1.807, 2.05) is 0 Å². The van der Waals surface area contributed by atoms with E-state index < -0.39 is 29.6 Å². The van der Waals surface area contributed by atoms with Crippen LogP contribution in [0.3, 0.4) is 0 Å². The van der Waals surface area contributed by atoms with Gasteiger partial charge in [-0.05, 0) is 33.1 Å². The van der Waals surface area contributed by atoms with Crippen molar-refractivity contribution in [1.82, 2.24) is 5.32 Å². The summed E-state index contributed by atoms with van der Waals surface area (Å²) in [4.78, 5) is 23.4. The fourth-order valence-corrected chi connectivity index (χ4v) is 2.77. The molecule has 6 nitrogen and oxygen atoms in total. The molecule has 1 rings (SSSR count). The predicted molar refractivity (Wildman–Crippen MR) is 91.3 cm³/mol. The van der Waals surface area contributed by atoms with Crippen molar-refractivity contribution in [1.29, 1.82) is 0 Å². The summed E-state index contributed by atoms with van der Waals surface area (Å²) in [5.74, 6) is -0.667. The lowest BCUT2D eigenvalue weighted by molar-refractivity contribution is -0.155. The van der Waals surface area contributed by atoms with E-state index in [-0.39, 0.29) is 19.0 Å². The Kier molecular flexibility index (Phi) is 9.73. The third kappa shape index (κ3) is 9.13. The van der Waals surface area contributed by atoms with Gasteiger partial charge in [0.15, 0.2) is 0 Å². The van der Waals surface area contributed by atoms with Crippen LogP contribution < -0.4 is 11.1 Å². The molecule has 1 fully saturated rings. The van der Waals surface area contributed by atoms with Gasteiger partial charge in [0, 0.05) is 6.04 Å². The number of aliphatic hydroxyl groups excluding tert-OH is 1. The molecule has 1 saturated carbocycles. The first-order chi connectivity index (χ1) is 10.2. The Balaban J connectivity index is 0.00000484. The smallest absolute Gasteiger partial charge is 0.325 e. The standard InChI is InChI=1S/C16H30N2O4.ClH/c1-16(2,3)22-13(19)10-18-15(21)14(20)12(17)9-11-7-5-4-6-8-11;/h11-12,14,20H,4-10,17H2,1-3H3,(H,18,21);1H/t12-,14?;/m1./s1. The molecule has 0 spiro atoms. The van der Waals surface area contributed by atoms with Gasteiger partial charge >= 0.3 is 5.97 Å². The van der Waals surface area contributed by atoms with Gasteiger partial charge in [-0.1, -0.05) is 32.1 Å². The summed E-state index contributed by atoms with van der Waals surface area (Å²) in [5.41, 5.74) is 5.33. The Morgan fingerprint density at radius 2 is 1.83 bits per heavy atom. The molecule has 1 aliphatic rings. The van der Waals surface area contributed by atoms with Crippen LogP contribution in [0.25, 0.3) is 0 Å². The van der Waals surface area contributed by atoms with Crippen LogP contribution in [0.15, 0.2) is 0 Å². The van der Waals surface area contributed by atoms with Crippen LogP contribution in [0.4, 0.5) is 0 Å². The highest BCUT2D eigenvalue weighted by molar-refractivity contribution is 5.85. The maximum absolute atomic E-state index is 11.8. The summed E-state index contributed by atoms with van der Waals surface area (Å²) in [6, 6.07) is -0.596. The van der Waals surface area contributed by atoms with E-state index >= 15 is 0 Å². The molecular weight excluding hydrogens is 320 g/mol. The molecule has 23 heavy (non-hydrogen) atoms. The first-order valence-electron chi connectivity index (χ1n) is 8.12. The van der Waals surface area contributed by atoms with Crippen LogP contribution in [0.5, 0.6) is 0 Å². The lowest BCUT2D eigenvalue weighted by Crippen LogP contribution is -2.48. The van der Waals surface area contributed by atoms with Crippen LogP contribution in [-0.2, 0) is 14.3 Å². The third-order valence-electron chi connectivity index (χ3n) is 3.83. The van der Waals surface area contributed by atoms with Crippen molar-refractivity contribution < 1.29 is 19.4 Å². The van der Waals surface area contributed by atoms with Crippen molar-refractivity contribution in [2.24, 2.45) is 11.7 Å². The summed E-state index contributed by atoms with van der Waals surface area (Å²) in [6.07, 6.45) is 5.21. The number of nitrogens with one attached hydrogen (secondary N) is 1.